The van der Waals surface area contributed by atoms with Gasteiger partial charge in [-0.15, -0.1) is 0 Å². The van der Waals surface area contributed by atoms with Crippen molar-refractivity contribution in [1.82, 2.24) is 0 Å². The second-order valence-corrected chi connectivity index (χ2v) is 9.67. The fourth-order valence-electron chi connectivity index (χ4n) is 3.67. The minimum Gasteiger partial charge on any atom is -0.506 e. The normalized spacial score (nSPS) is 15.1. The molecule has 0 saturated heterocycles. The summed E-state index contributed by atoms with van der Waals surface area (Å²) in [6, 6.07) is 21.2. The average Bonchev–Trinajstić information content (AvgIpc) is 3.23. The highest BCUT2D eigenvalue weighted by Crippen LogP contribution is 2.40. The predicted octanol–water partition coefficient (Wildman–Crippen LogP) is 7.02. The summed E-state index contributed by atoms with van der Waals surface area (Å²) in [6.07, 6.45) is 1.68. The molecule has 200 valence electrons. The summed E-state index contributed by atoms with van der Waals surface area (Å²) in [5.41, 5.74) is 1.81. The first-order chi connectivity index (χ1) is 18.9. The first kappa shape index (κ1) is 28.0. The molecule has 3 aromatic carbocycles. The van der Waals surface area contributed by atoms with E-state index in [0.29, 0.717) is 45.8 Å². The maximum Gasteiger partial charge on any atom is 0.344 e. The Morgan fingerprint density at radius 2 is 1.74 bits per heavy atom. The third-order valence-electron chi connectivity index (χ3n) is 5.44. The van der Waals surface area contributed by atoms with Crippen molar-refractivity contribution in [2.45, 2.75) is 20.5 Å². The number of aliphatic hydroxyl groups is 1. The minimum absolute atomic E-state index is 0.0672. The number of benzene rings is 3. The summed E-state index contributed by atoms with van der Waals surface area (Å²) in [7, 11) is 0. The third-order valence-corrected chi connectivity index (χ3v) is 6.70. The van der Waals surface area contributed by atoms with Gasteiger partial charge in [-0.1, -0.05) is 59.8 Å². The Balaban J connectivity index is 1.63. The van der Waals surface area contributed by atoms with Crippen LogP contribution in [0.15, 0.2) is 94.0 Å². The molecule has 39 heavy (non-hydrogen) atoms. The molecule has 0 bridgehead atoms. The van der Waals surface area contributed by atoms with Crippen LogP contribution in [0.25, 0.3) is 6.08 Å². The van der Waals surface area contributed by atoms with Crippen LogP contribution in [0, 0.1) is 0 Å². The molecule has 0 fully saturated rings. The summed E-state index contributed by atoms with van der Waals surface area (Å²) < 4.78 is 16.9. The molecule has 0 radical (unpaired) electrons. The maximum atomic E-state index is 12.7. The van der Waals surface area contributed by atoms with Crippen LogP contribution >= 0.6 is 23.4 Å². The van der Waals surface area contributed by atoms with Gasteiger partial charge >= 0.3 is 5.97 Å². The van der Waals surface area contributed by atoms with Gasteiger partial charge in [0.2, 0.25) is 0 Å². The molecule has 1 N–H and O–H groups in total. The lowest BCUT2D eigenvalue weighted by Gasteiger charge is -2.13. The monoisotopic (exact) mass is 563 g/mol. The number of rotatable bonds is 9. The van der Waals surface area contributed by atoms with Gasteiger partial charge in [0.25, 0.3) is 5.91 Å². The Morgan fingerprint density at radius 1 is 0.949 bits per heavy atom. The lowest BCUT2D eigenvalue weighted by Crippen LogP contribution is -2.14. The zero-order valence-corrected chi connectivity index (χ0v) is 22.9. The van der Waals surface area contributed by atoms with Gasteiger partial charge in [-0.2, -0.15) is 0 Å². The summed E-state index contributed by atoms with van der Waals surface area (Å²) in [5.74, 6) is -0.545. The van der Waals surface area contributed by atoms with E-state index < -0.39 is 11.9 Å². The number of aliphatic imine (C=N–C) groups is 1. The minimum atomic E-state index is -0.759. The molecular weight excluding hydrogens is 538 g/mol. The number of halogens is 1. The van der Waals surface area contributed by atoms with E-state index in [2.05, 4.69) is 4.99 Å². The van der Waals surface area contributed by atoms with Crippen LogP contribution in [0.4, 0.5) is 0 Å². The van der Waals surface area contributed by atoms with E-state index in [-0.39, 0.29) is 23.0 Å². The lowest BCUT2D eigenvalue weighted by molar-refractivity contribution is -0.138. The molecule has 9 heteroatoms. The summed E-state index contributed by atoms with van der Waals surface area (Å²) in [4.78, 5) is 29.8. The molecule has 1 amide bonds. The largest absolute Gasteiger partial charge is 0.506 e. The van der Waals surface area contributed by atoms with Crippen LogP contribution in [0.2, 0.25) is 5.02 Å². The molecule has 0 saturated carbocycles. The highest BCUT2D eigenvalue weighted by atomic mass is 35.5. The molecule has 0 aliphatic carbocycles. The van der Waals surface area contributed by atoms with Gasteiger partial charge in [0.15, 0.2) is 11.5 Å². The SMILES string of the molecule is CCOC(=O)C1=C(O)/C(=C/c2ccc(OCc3cccc(Cl)c3)c(OCC)c2)SC1=NC(=O)c1ccccc1. The van der Waals surface area contributed by atoms with E-state index in [1.54, 1.807) is 67.6 Å². The van der Waals surface area contributed by atoms with Crippen LogP contribution in [0.3, 0.4) is 0 Å². The van der Waals surface area contributed by atoms with E-state index in [4.69, 9.17) is 25.8 Å². The topological polar surface area (TPSA) is 94.4 Å². The first-order valence-corrected chi connectivity index (χ1v) is 13.4. The molecule has 4 rings (SSSR count). The molecule has 1 aliphatic rings. The zero-order chi connectivity index (χ0) is 27.8. The van der Waals surface area contributed by atoms with Crippen LogP contribution < -0.4 is 9.47 Å². The summed E-state index contributed by atoms with van der Waals surface area (Å²) in [5, 5.41) is 11.6. The van der Waals surface area contributed by atoms with Gasteiger partial charge in [-0.3, -0.25) is 4.79 Å². The Morgan fingerprint density at radius 3 is 2.46 bits per heavy atom. The molecular formula is C30H26ClNO6S. The van der Waals surface area contributed by atoms with Gasteiger partial charge in [0, 0.05) is 10.6 Å². The number of thioether (sulfide) groups is 1. The molecule has 1 aliphatic heterocycles. The van der Waals surface area contributed by atoms with Crippen LogP contribution in [-0.2, 0) is 16.1 Å². The number of carbonyl (C=O) groups is 2. The molecule has 0 aromatic heterocycles. The van der Waals surface area contributed by atoms with Crippen LogP contribution in [-0.4, -0.2) is 35.2 Å². The number of hydrogen-bond donors (Lipinski definition) is 1. The Hall–Kier alpha value is -4.01. The number of aliphatic hydroxyl groups excluding tert-OH is 1. The number of esters is 1. The molecule has 0 unspecified atom stereocenters. The maximum absolute atomic E-state index is 12.7. The number of amides is 1. The molecule has 0 spiro atoms. The Bertz CT molecular complexity index is 1470. The lowest BCUT2D eigenvalue weighted by atomic mass is 10.1. The van der Waals surface area contributed by atoms with Crippen molar-refractivity contribution in [3.63, 3.8) is 0 Å². The van der Waals surface area contributed by atoms with Crippen molar-refractivity contribution < 1.29 is 28.9 Å². The molecule has 1 heterocycles. The van der Waals surface area contributed by atoms with E-state index in [0.717, 1.165) is 17.3 Å². The number of ether oxygens (including phenoxy) is 3. The summed E-state index contributed by atoms with van der Waals surface area (Å²) >= 11 is 7.08. The van der Waals surface area contributed by atoms with Crippen molar-refractivity contribution in [3.8, 4) is 11.5 Å². The van der Waals surface area contributed by atoms with E-state index in [9.17, 15) is 14.7 Å². The van der Waals surface area contributed by atoms with Crippen molar-refractivity contribution in [2.24, 2.45) is 4.99 Å². The standard InChI is InChI=1S/C30H26ClNO6S/c1-3-36-24-16-19(13-14-23(24)38-18-20-9-8-12-22(31)15-20)17-25-27(33)26(30(35)37-4-2)29(39-25)32-28(34)21-10-6-5-7-11-21/h5-17,33H,3-4,18H2,1-2H3/b25-17-,32-29?. The number of nitrogens with zero attached hydrogens (tertiary/aromatic N) is 1. The first-order valence-electron chi connectivity index (χ1n) is 12.2. The average molecular weight is 564 g/mol. The highest BCUT2D eigenvalue weighted by Gasteiger charge is 2.34. The zero-order valence-electron chi connectivity index (χ0n) is 21.3. The second-order valence-electron chi connectivity index (χ2n) is 8.20. The fraction of sp³-hybridized carbons (Fsp3) is 0.167. The Kier molecular flexibility index (Phi) is 9.46. The van der Waals surface area contributed by atoms with Crippen molar-refractivity contribution in [1.29, 1.82) is 0 Å². The number of hydrogen-bond acceptors (Lipinski definition) is 7. The smallest absolute Gasteiger partial charge is 0.344 e. The van der Waals surface area contributed by atoms with E-state index in [1.807, 2.05) is 25.1 Å². The van der Waals surface area contributed by atoms with Crippen molar-refractivity contribution >= 4 is 46.4 Å². The van der Waals surface area contributed by atoms with E-state index >= 15 is 0 Å². The fourth-order valence-corrected chi connectivity index (χ4v) is 4.90. The quantitative estimate of drug-likeness (QED) is 0.279. The van der Waals surface area contributed by atoms with Gasteiger partial charge in [0.05, 0.1) is 18.1 Å². The third kappa shape index (κ3) is 7.10. The number of carbonyl (C=O) groups excluding carboxylic acids is 2. The summed E-state index contributed by atoms with van der Waals surface area (Å²) in [6.45, 7) is 4.35. The van der Waals surface area contributed by atoms with Gasteiger partial charge in [-0.25, -0.2) is 9.79 Å². The van der Waals surface area contributed by atoms with Gasteiger partial charge in [0.1, 0.15) is 23.0 Å². The van der Waals surface area contributed by atoms with Gasteiger partial charge < -0.3 is 19.3 Å². The van der Waals surface area contributed by atoms with Crippen molar-refractivity contribution in [2.75, 3.05) is 13.2 Å². The van der Waals surface area contributed by atoms with Crippen LogP contribution in [0.1, 0.15) is 35.3 Å². The Labute approximate surface area is 235 Å². The second kappa shape index (κ2) is 13.2. The van der Waals surface area contributed by atoms with Crippen molar-refractivity contribution in [3.05, 3.63) is 111 Å². The predicted molar refractivity (Wildman–Crippen MR) is 153 cm³/mol. The highest BCUT2D eigenvalue weighted by molar-refractivity contribution is 8.18. The molecule has 3 aromatic rings. The molecule has 7 nitrogen and oxygen atoms in total. The van der Waals surface area contributed by atoms with Crippen LogP contribution in [0.5, 0.6) is 11.5 Å². The molecule has 0 atom stereocenters. The van der Waals surface area contributed by atoms with Gasteiger partial charge in [-0.05, 0) is 67.4 Å². The van der Waals surface area contributed by atoms with E-state index in [1.165, 1.54) is 0 Å².